The maximum atomic E-state index is 9.98. The van der Waals surface area contributed by atoms with Gasteiger partial charge in [0.05, 0.1) is 29.3 Å². The third-order valence-electron chi connectivity index (χ3n) is 4.57. The van der Waals surface area contributed by atoms with E-state index in [0.717, 1.165) is 15.3 Å². The number of aliphatic hydroxyl groups is 2. The predicted molar refractivity (Wildman–Crippen MR) is 99.8 cm³/mol. The summed E-state index contributed by atoms with van der Waals surface area (Å²) in [7, 11) is 0. The number of anilines is 2. The zero-order valence-corrected chi connectivity index (χ0v) is 14.9. The number of nitrogens with one attached hydrogen (secondary N) is 1. The number of aliphatic hydroxyl groups excluding tert-OH is 2. The van der Waals surface area contributed by atoms with Crippen LogP contribution in [0.3, 0.4) is 0 Å². The summed E-state index contributed by atoms with van der Waals surface area (Å²) in [6.07, 6.45) is 1.66. The molecule has 3 atom stereocenters. The molecule has 4 heterocycles. The highest BCUT2D eigenvalue weighted by Crippen LogP contribution is 2.33. The molecule has 1 fully saturated rings. The van der Waals surface area contributed by atoms with Crippen LogP contribution in [0.1, 0.15) is 12.6 Å². The van der Waals surface area contributed by atoms with Crippen molar-refractivity contribution in [3.8, 4) is 0 Å². The van der Waals surface area contributed by atoms with E-state index in [-0.39, 0.29) is 6.61 Å². The van der Waals surface area contributed by atoms with Crippen molar-refractivity contribution in [3.63, 3.8) is 0 Å². The number of benzene rings is 1. The Labute approximate surface area is 157 Å². The van der Waals surface area contributed by atoms with Crippen molar-refractivity contribution in [2.24, 2.45) is 0 Å². The van der Waals surface area contributed by atoms with Gasteiger partial charge in [-0.1, -0.05) is 23.5 Å². The van der Waals surface area contributed by atoms with Gasteiger partial charge in [-0.2, -0.15) is 0 Å². The molecule has 0 unspecified atom stereocenters. The molecule has 3 aromatic heterocycles. The lowest BCUT2D eigenvalue weighted by Crippen LogP contribution is -2.24. The number of hydrogen-bond donors (Lipinski definition) is 3. The molecule has 1 aromatic carbocycles. The van der Waals surface area contributed by atoms with Gasteiger partial charge in [-0.05, 0) is 12.1 Å². The van der Waals surface area contributed by atoms with Crippen molar-refractivity contribution in [1.82, 2.24) is 24.5 Å². The zero-order valence-electron chi connectivity index (χ0n) is 14.1. The van der Waals surface area contributed by atoms with Crippen LogP contribution in [0.4, 0.5) is 10.9 Å². The lowest BCUT2D eigenvalue weighted by Gasteiger charge is -2.13. The second kappa shape index (κ2) is 6.50. The van der Waals surface area contributed by atoms with Crippen LogP contribution in [0, 0.1) is 0 Å². The Morgan fingerprint density at radius 2 is 2.15 bits per heavy atom. The molecule has 3 N–H and O–H groups in total. The van der Waals surface area contributed by atoms with Crippen LogP contribution in [-0.4, -0.2) is 53.5 Å². The fourth-order valence-corrected chi connectivity index (χ4v) is 4.10. The molecule has 5 rings (SSSR count). The van der Waals surface area contributed by atoms with Crippen molar-refractivity contribution >= 4 is 43.7 Å². The standard InChI is InChI=1S/C17H16N6O3S/c24-6-11-10(25)5-13(26-11)23-8-20-14-15(18-7-19-16(14)23)22-17-21-9-3-1-2-4-12(9)27-17/h1-4,7-8,10-11,13,24-25H,5-6H2,(H,18,19,21,22)/t10-,11+,13+/m0/s1. The first-order valence-corrected chi connectivity index (χ1v) is 9.29. The van der Waals surface area contributed by atoms with Crippen LogP contribution in [0.2, 0.25) is 0 Å². The van der Waals surface area contributed by atoms with Gasteiger partial charge in [-0.3, -0.25) is 4.57 Å². The Balaban J connectivity index is 1.48. The van der Waals surface area contributed by atoms with Crippen LogP contribution in [0.5, 0.6) is 0 Å². The summed E-state index contributed by atoms with van der Waals surface area (Å²) in [5.74, 6) is 0.551. The quantitative estimate of drug-likeness (QED) is 0.488. The SMILES string of the molecule is OC[C@H]1O[C@@H](n2cnc3c(Nc4nc5ccccc5s4)ncnc32)C[C@@H]1O. The van der Waals surface area contributed by atoms with Gasteiger partial charge in [-0.25, -0.2) is 19.9 Å². The maximum Gasteiger partial charge on any atom is 0.189 e. The molecule has 4 aromatic rings. The fraction of sp³-hybridized carbons (Fsp3) is 0.294. The minimum atomic E-state index is -0.723. The Hall–Kier alpha value is -2.66. The Bertz CT molecular complexity index is 1080. The molecule has 27 heavy (non-hydrogen) atoms. The summed E-state index contributed by atoms with van der Waals surface area (Å²) >= 11 is 1.53. The molecule has 138 valence electrons. The molecular weight excluding hydrogens is 368 g/mol. The number of para-hydroxylation sites is 1. The summed E-state index contributed by atoms with van der Waals surface area (Å²) < 4.78 is 8.54. The molecule has 1 aliphatic heterocycles. The fourth-order valence-electron chi connectivity index (χ4n) is 3.23. The first-order valence-electron chi connectivity index (χ1n) is 8.47. The molecular formula is C17H16N6O3S. The number of imidazole rings is 1. The highest BCUT2D eigenvalue weighted by Gasteiger charge is 2.35. The third kappa shape index (κ3) is 2.82. The third-order valence-corrected chi connectivity index (χ3v) is 5.52. The Morgan fingerprint density at radius 3 is 2.96 bits per heavy atom. The number of fused-ring (bicyclic) bond motifs is 2. The molecule has 10 heteroatoms. The van der Waals surface area contributed by atoms with Crippen LogP contribution in [0.25, 0.3) is 21.4 Å². The van der Waals surface area contributed by atoms with Gasteiger partial charge >= 0.3 is 0 Å². The molecule has 0 spiro atoms. The number of aromatic nitrogens is 5. The predicted octanol–water partition coefficient (Wildman–Crippen LogP) is 1.82. The van der Waals surface area contributed by atoms with E-state index in [0.29, 0.717) is 23.4 Å². The van der Waals surface area contributed by atoms with Gasteiger partial charge in [0.15, 0.2) is 22.1 Å². The highest BCUT2D eigenvalue weighted by molar-refractivity contribution is 7.22. The van der Waals surface area contributed by atoms with Crippen molar-refractivity contribution < 1.29 is 14.9 Å². The van der Waals surface area contributed by atoms with Crippen LogP contribution < -0.4 is 5.32 Å². The lowest BCUT2D eigenvalue weighted by molar-refractivity contribution is -0.0432. The van der Waals surface area contributed by atoms with Gasteiger partial charge in [0.2, 0.25) is 0 Å². The van der Waals surface area contributed by atoms with Crippen molar-refractivity contribution in [1.29, 1.82) is 0 Å². The number of hydrogen-bond acceptors (Lipinski definition) is 9. The molecule has 0 bridgehead atoms. The smallest absolute Gasteiger partial charge is 0.189 e. The Kier molecular flexibility index (Phi) is 3.97. The summed E-state index contributed by atoms with van der Waals surface area (Å²) in [6.45, 7) is -0.232. The number of rotatable bonds is 4. The molecule has 0 aliphatic carbocycles. The second-order valence-electron chi connectivity index (χ2n) is 6.27. The largest absolute Gasteiger partial charge is 0.394 e. The van der Waals surface area contributed by atoms with E-state index in [1.54, 1.807) is 10.9 Å². The average Bonchev–Trinajstić information content (AvgIpc) is 3.37. The van der Waals surface area contributed by atoms with E-state index in [2.05, 4.69) is 25.3 Å². The minimum Gasteiger partial charge on any atom is -0.394 e. The highest BCUT2D eigenvalue weighted by atomic mass is 32.1. The van der Waals surface area contributed by atoms with Gasteiger partial charge in [0.1, 0.15) is 18.7 Å². The normalized spacial score (nSPS) is 22.7. The summed E-state index contributed by atoms with van der Waals surface area (Å²) in [4.78, 5) is 17.6. The van der Waals surface area contributed by atoms with Crippen LogP contribution >= 0.6 is 11.3 Å². The number of thiazole rings is 1. The van der Waals surface area contributed by atoms with E-state index in [9.17, 15) is 10.2 Å². The number of nitrogens with zero attached hydrogens (tertiary/aromatic N) is 5. The van der Waals surface area contributed by atoms with Crippen molar-refractivity contribution in [3.05, 3.63) is 36.9 Å². The topological polar surface area (TPSA) is 118 Å². The average molecular weight is 384 g/mol. The molecule has 0 saturated carbocycles. The van der Waals surface area contributed by atoms with Crippen molar-refractivity contribution in [2.45, 2.75) is 24.9 Å². The lowest BCUT2D eigenvalue weighted by atomic mass is 10.2. The molecule has 0 amide bonds. The number of ether oxygens (including phenoxy) is 1. The Morgan fingerprint density at radius 1 is 1.26 bits per heavy atom. The van der Waals surface area contributed by atoms with E-state index >= 15 is 0 Å². The van der Waals surface area contributed by atoms with E-state index in [1.165, 1.54) is 17.7 Å². The van der Waals surface area contributed by atoms with Gasteiger partial charge in [0.25, 0.3) is 0 Å². The van der Waals surface area contributed by atoms with E-state index in [1.807, 2.05) is 24.3 Å². The first-order chi connectivity index (χ1) is 13.2. The summed E-state index contributed by atoms with van der Waals surface area (Å²) in [5, 5.41) is 23.2. The molecule has 9 nitrogen and oxygen atoms in total. The van der Waals surface area contributed by atoms with Crippen LogP contribution in [0.15, 0.2) is 36.9 Å². The van der Waals surface area contributed by atoms with Crippen molar-refractivity contribution in [2.75, 3.05) is 11.9 Å². The zero-order chi connectivity index (χ0) is 18.4. The second-order valence-corrected chi connectivity index (χ2v) is 7.30. The summed E-state index contributed by atoms with van der Waals surface area (Å²) in [5.41, 5.74) is 2.09. The van der Waals surface area contributed by atoms with Gasteiger partial charge in [-0.15, -0.1) is 0 Å². The van der Waals surface area contributed by atoms with E-state index in [4.69, 9.17) is 4.74 Å². The minimum absolute atomic E-state index is 0.232. The monoisotopic (exact) mass is 384 g/mol. The molecule has 1 aliphatic rings. The summed E-state index contributed by atoms with van der Waals surface area (Å²) in [6, 6.07) is 7.90. The van der Waals surface area contributed by atoms with E-state index < -0.39 is 18.4 Å². The first kappa shape index (κ1) is 16.5. The van der Waals surface area contributed by atoms with Gasteiger partial charge < -0.3 is 20.3 Å². The maximum absolute atomic E-state index is 9.98. The van der Waals surface area contributed by atoms with Crippen LogP contribution in [-0.2, 0) is 4.74 Å². The molecule has 0 radical (unpaired) electrons. The molecule has 1 saturated heterocycles. The van der Waals surface area contributed by atoms with Gasteiger partial charge in [0, 0.05) is 6.42 Å².